The molecule has 0 aromatic rings. The average Bonchev–Trinajstić information content (AvgIpc) is 2.17. The van der Waals surface area contributed by atoms with Crippen LogP contribution in [-0.2, 0) is 4.79 Å². The molecule has 2 heteroatoms. The number of rotatable bonds is 0. The van der Waals surface area contributed by atoms with Crippen molar-refractivity contribution >= 4 is 5.91 Å². The van der Waals surface area contributed by atoms with Gasteiger partial charge in [0.15, 0.2) is 0 Å². The molecule has 1 amide bonds. The van der Waals surface area contributed by atoms with E-state index in [0.29, 0.717) is 0 Å². The lowest BCUT2D eigenvalue weighted by Crippen LogP contribution is -2.34. The van der Waals surface area contributed by atoms with Gasteiger partial charge in [-0.2, -0.15) is 0 Å². The SMILES string of the molecule is CC(=O)N1CCCC2=C1CCCC2. The third-order valence-electron chi connectivity index (χ3n) is 3.12. The number of nitrogens with zero attached hydrogens (tertiary/aromatic N) is 1. The lowest BCUT2D eigenvalue weighted by atomic mass is 9.89. The summed E-state index contributed by atoms with van der Waals surface area (Å²) in [6, 6.07) is 0. The topological polar surface area (TPSA) is 20.3 Å². The van der Waals surface area contributed by atoms with Crippen molar-refractivity contribution < 1.29 is 4.79 Å². The minimum Gasteiger partial charge on any atom is -0.316 e. The number of amides is 1. The smallest absolute Gasteiger partial charge is 0.223 e. The van der Waals surface area contributed by atoms with Gasteiger partial charge in [0.1, 0.15) is 0 Å². The molecular formula is C11H17NO. The van der Waals surface area contributed by atoms with Crippen LogP contribution in [0.2, 0.25) is 0 Å². The van der Waals surface area contributed by atoms with Crippen molar-refractivity contribution in [3.05, 3.63) is 11.3 Å². The molecule has 0 saturated carbocycles. The van der Waals surface area contributed by atoms with E-state index >= 15 is 0 Å². The first-order valence-electron chi connectivity index (χ1n) is 5.28. The molecular weight excluding hydrogens is 162 g/mol. The van der Waals surface area contributed by atoms with Crippen LogP contribution < -0.4 is 0 Å². The van der Waals surface area contributed by atoms with E-state index in [4.69, 9.17) is 0 Å². The summed E-state index contributed by atoms with van der Waals surface area (Å²) in [5.41, 5.74) is 2.93. The van der Waals surface area contributed by atoms with Crippen molar-refractivity contribution in [1.82, 2.24) is 4.90 Å². The van der Waals surface area contributed by atoms with Gasteiger partial charge in [0.25, 0.3) is 0 Å². The van der Waals surface area contributed by atoms with Gasteiger partial charge in [-0.05, 0) is 38.5 Å². The molecule has 2 aliphatic rings. The van der Waals surface area contributed by atoms with Crippen molar-refractivity contribution in [2.75, 3.05) is 6.54 Å². The highest BCUT2D eigenvalue weighted by molar-refractivity contribution is 5.75. The number of hydrogen-bond donors (Lipinski definition) is 0. The van der Waals surface area contributed by atoms with E-state index in [2.05, 4.69) is 0 Å². The number of carbonyl (C=O) groups is 1. The summed E-state index contributed by atoms with van der Waals surface area (Å²) in [4.78, 5) is 13.3. The Kier molecular flexibility index (Phi) is 2.38. The molecule has 13 heavy (non-hydrogen) atoms. The van der Waals surface area contributed by atoms with Crippen LogP contribution in [0.1, 0.15) is 45.4 Å². The van der Waals surface area contributed by atoms with Crippen LogP contribution in [0.4, 0.5) is 0 Å². The molecule has 0 radical (unpaired) electrons. The molecule has 0 fully saturated rings. The Morgan fingerprint density at radius 1 is 1.15 bits per heavy atom. The van der Waals surface area contributed by atoms with E-state index in [0.717, 1.165) is 13.0 Å². The van der Waals surface area contributed by atoms with Gasteiger partial charge in [-0.25, -0.2) is 0 Å². The lowest BCUT2D eigenvalue weighted by molar-refractivity contribution is -0.127. The van der Waals surface area contributed by atoms with Crippen molar-refractivity contribution in [3.63, 3.8) is 0 Å². The Bertz CT molecular complexity index is 251. The average molecular weight is 179 g/mol. The summed E-state index contributed by atoms with van der Waals surface area (Å²) in [5.74, 6) is 0.231. The normalized spacial score (nSPS) is 23.0. The van der Waals surface area contributed by atoms with Gasteiger partial charge in [-0.3, -0.25) is 4.79 Å². The second-order valence-corrected chi connectivity index (χ2v) is 4.03. The third kappa shape index (κ3) is 1.62. The summed E-state index contributed by atoms with van der Waals surface area (Å²) in [6.45, 7) is 2.64. The molecule has 0 spiro atoms. The highest BCUT2D eigenvalue weighted by Crippen LogP contribution is 2.33. The van der Waals surface area contributed by atoms with Crippen molar-refractivity contribution in [3.8, 4) is 0 Å². The van der Waals surface area contributed by atoms with Crippen LogP contribution in [0.3, 0.4) is 0 Å². The Morgan fingerprint density at radius 3 is 2.62 bits per heavy atom. The number of carbonyl (C=O) groups excluding carboxylic acids is 1. The summed E-state index contributed by atoms with van der Waals surface area (Å²) in [6.07, 6.45) is 7.36. The molecule has 2 nitrogen and oxygen atoms in total. The standard InChI is InChI=1S/C11H17NO/c1-9(13)12-8-4-6-10-5-2-3-7-11(10)12/h2-8H2,1H3. The van der Waals surface area contributed by atoms with Gasteiger partial charge >= 0.3 is 0 Å². The van der Waals surface area contributed by atoms with Gasteiger partial charge in [-0.1, -0.05) is 5.57 Å². The predicted octanol–water partition coefficient (Wildman–Crippen LogP) is 2.46. The van der Waals surface area contributed by atoms with Crippen LogP contribution in [0, 0.1) is 0 Å². The summed E-state index contributed by atoms with van der Waals surface area (Å²) in [7, 11) is 0. The van der Waals surface area contributed by atoms with E-state index in [-0.39, 0.29) is 5.91 Å². The second kappa shape index (κ2) is 3.52. The zero-order valence-electron chi connectivity index (χ0n) is 8.31. The number of hydrogen-bond acceptors (Lipinski definition) is 1. The fraction of sp³-hybridized carbons (Fsp3) is 0.727. The van der Waals surface area contributed by atoms with Gasteiger partial charge in [-0.15, -0.1) is 0 Å². The highest BCUT2D eigenvalue weighted by Gasteiger charge is 2.24. The summed E-state index contributed by atoms with van der Waals surface area (Å²) < 4.78 is 0. The summed E-state index contributed by atoms with van der Waals surface area (Å²) in [5, 5.41) is 0. The second-order valence-electron chi connectivity index (χ2n) is 4.03. The van der Waals surface area contributed by atoms with Crippen molar-refractivity contribution in [1.29, 1.82) is 0 Å². The molecule has 0 N–H and O–H groups in total. The van der Waals surface area contributed by atoms with Crippen molar-refractivity contribution in [2.24, 2.45) is 0 Å². The zero-order valence-corrected chi connectivity index (χ0v) is 8.31. The first kappa shape index (κ1) is 8.79. The van der Waals surface area contributed by atoms with Gasteiger partial charge in [0.2, 0.25) is 5.91 Å². The maximum absolute atomic E-state index is 11.3. The minimum absolute atomic E-state index is 0.231. The first-order valence-corrected chi connectivity index (χ1v) is 5.28. The monoisotopic (exact) mass is 179 g/mol. The largest absolute Gasteiger partial charge is 0.316 e. The van der Waals surface area contributed by atoms with Crippen LogP contribution in [0.5, 0.6) is 0 Å². The van der Waals surface area contributed by atoms with E-state index in [1.54, 1.807) is 12.5 Å². The number of allylic oxidation sites excluding steroid dienone is 2. The Morgan fingerprint density at radius 2 is 1.85 bits per heavy atom. The molecule has 0 saturated heterocycles. The van der Waals surface area contributed by atoms with Crippen LogP contribution >= 0.6 is 0 Å². The van der Waals surface area contributed by atoms with Gasteiger partial charge in [0.05, 0.1) is 0 Å². The van der Waals surface area contributed by atoms with Crippen LogP contribution in [0.15, 0.2) is 11.3 Å². The van der Waals surface area contributed by atoms with E-state index in [9.17, 15) is 4.79 Å². The zero-order chi connectivity index (χ0) is 9.26. The molecule has 0 bridgehead atoms. The van der Waals surface area contributed by atoms with Crippen LogP contribution in [0.25, 0.3) is 0 Å². The maximum atomic E-state index is 11.3. The molecule has 2 rings (SSSR count). The minimum atomic E-state index is 0.231. The quantitative estimate of drug-likeness (QED) is 0.559. The fourth-order valence-electron chi connectivity index (χ4n) is 2.48. The van der Waals surface area contributed by atoms with Crippen molar-refractivity contribution in [2.45, 2.75) is 45.4 Å². The van der Waals surface area contributed by atoms with Gasteiger partial charge in [0, 0.05) is 19.2 Å². The fourth-order valence-corrected chi connectivity index (χ4v) is 2.48. The highest BCUT2D eigenvalue weighted by atomic mass is 16.2. The molecule has 0 aromatic heterocycles. The first-order chi connectivity index (χ1) is 6.29. The van der Waals surface area contributed by atoms with E-state index in [1.807, 2.05) is 4.90 Å². The molecule has 0 aromatic carbocycles. The maximum Gasteiger partial charge on any atom is 0.223 e. The molecule has 0 atom stereocenters. The lowest BCUT2D eigenvalue weighted by Gasteiger charge is -2.34. The molecule has 1 aliphatic heterocycles. The van der Waals surface area contributed by atoms with E-state index < -0.39 is 0 Å². The Hall–Kier alpha value is -0.790. The molecule has 0 unspecified atom stereocenters. The van der Waals surface area contributed by atoms with Gasteiger partial charge < -0.3 is 4.90 Å². The Labute approximate surface area is 79.6 Å². The summed E-state index contributed by atoms with van der Waals surface area (Å²) >= 11 is 0. The third-order valence-corrected chi connectivity index (χ3v) is 3.12. The molecule has 1 aliphatic carbocycles. The predicted molar refractivity (Wildman–Crippen MR) is 52.1 cm³/mol. The molecule has 72 valence electrons. The Balaban J connectivity index is 2.25. The van der Waals surface area contributed by atoms with E-state index in [1.165, 1.54) is 37.8 Å². The van der Waals surface area contributed by atoms with Crippen LogP contribution in [-0.4, -0.2) is 17.4 Å². The molecule has 1 heterocycles.